The van der Waals surface area contributed by atoms with Gasteiger partial charge in [-0.25, -0.2) is 0 Å². The summed E-state index contributed by atoms with van der Waals surface area (Å²) in [5, 5.41) is 3.74. The Labute approximate surface area is 175 Å². The summed E-state index contributed by atoms with van der Waals surface area (Å²) in [4.78, 5) is 15.3. The minimum Gasteiger partial charge on any atom is -0.492 e. The zero-order valence-electron chi connectivity index (χ0n) is 17.3. The van der Waals surface area contributed by atoms with Crippen LogP contribution in [0.25, 0.3) is 0 Å². The van der Waals surface area contributed by atoms with Crippen LogP contribution in [-0.2, 0) is 6.42 Å². The zero-order chi connectivity index (χ0) is 19.8. The second kappa shape index (κ2) is 11.1. The quantitative estimate of drug-likeness (QED) is 0.512. The molecular formula is C23H35ClN2O2. The fraction of sp³-hybridized carbons (Fsp3) is 0.696. The first kappa shape index (κ1) is 21.4. The molecule has 0 saturated carbocycles. The van der Waals surface area contributed by atoms with Crippen molar-refractivity contribution in [2.45, 2.75) is 77.2 Å². The van der Waals surface area contributed by atoms with Crippen LogP contribution in [0.1, 0.15) is 80.6 Å². The summed E-state index contributed by atoms with van der Waals surface area (Å²) in [6.07, 6.45) is 12.6. The summed E-state index contributed by atoms with van der Waals surface area (Å²) < 4.78 is 5.67. The second-order valence-electron chi connectivity index (χ2n) is 8.20. The average Bonchev–Trinajstić information content (AvgIpc) is 3.33. The highest BCUT2D eigenvalue weighted by Crippen LogP contribution is 2.32. The van der Waals surface area contributed by atoms with Gasteiger partial charge in [-0.1, -0.05) is 57.0 Å². The van der Waals surface area contributed by atoms with Gasteiger partial charge in [0.25, 0.3) is 5.91 Å². The monoisotopic (exact) mass is 406 g/mol. The van der Waals surface area contributed by atoms with E-state index in [1.807, 2.05) is 6.07 Å². The Morgan fingerprint density at radius 3 is 2.82 bits per heavy atom. The molecule has 1 aromatic rings. The Kier molecular flexibility index (Phi) is 8.47. The minimum absolute atomic E-state index is 0.0663. The normalized spacial score (nSPS) is 18.9. The van der Waals surface area contributed by atoms with Crippen LogP contribution >= 0.6 is 11.6 Å². The highest BCUT2D eigenvalue weighted by Gasteiger charge is 2.26. The van der Waals surface area contributed by atoms with Crippen molar-refractivity contribution in [2.24, 2.45) is 0 Å². The molecule has 1 fully saturated rings. The fourth-order valence-corrected chi connectivity index (χ4v) is 4.68. The number of fused-ring (bicyclic) bond motifs is 1. The molecule has 4 nitrogen and oxygen atoms in total. The van der Waals surface area contributed by atoms with Gasteiger partial charge < -0.3 is 10.1 Å². The third-order valence-electron chi connectivity index (χ3n) is 6.04. The molecule has 2 heterocycles. The van der Waals surface area contributed by atoms with Gasteiger partial charge in [0.05, 0.1) is 12.2 Å². The van der Waals surface area contributed by atoms with Crippen molar-refractivity contribution in [1.82, 2.24) is 10.2 Å². The number of carbonyl (C=O) groups is 1. The van der Waals surface area contributed by atoms with Gasteiger partial charge in [0, 0.05) is 24.0 Å². The summed E-state index contributed by atoms with van der Waals surface area (Å²) in [6, 6.07) is 4.09. The molecule has 0 aliphatic carbocycles. The Balaban J connectivity index is 1.42. The van der Waals surface area contributed by atoms with Crippen molar-refractivity contribution in [2.75, 3.05) is 26.2 Å². The topological polar surface area (TPSA) is 41.6 Å². The van der Waals surface area contributed by atoms with E-state index in [0.717, 1.165) is 25.1 Å². The SMILES string of the molecule is CCCCCCCCCN1CCC[C@@H]1CNC(=O)c1cc(Cl)cc2c1OCC2. The molecule has 0 radical (unpaired) electrons. The van der Waals surface area contributed by atoms with Gasteiger partial charge in [0.1, 0.15) is 5.75 Å². The molecule has 28 heavy (non-hydrogen) atoms. The Hall–Kier alpha value is -1.26. The molecule has 0 aromatic heterocycles. The van der Waals surface area contributed by atoms with E-state index in [0.29, 0.717) is 35.5 Å². The van der Waals surface area contributed by atoms with E-state index in [-0.39, 0.29) is 5.91 Å². The number of halogens is 1. The third kappa shape index (κ3) is 5.87. The maximum absolute atomic E-state index is 12.7. The predicted molar refractivity (Wildman–Crippen MR) is 116 cm³/mol. The van der Waals surface area contributed by atoms with Crippen molar-refractivity contribution in [1.29, 1.82) is 0 Å². The van der Waals surface area contributed by atoms with Crippen molar-refractivity contribution in [3.63, 3.8) is 0 Å². The molecule has 3 rings (SSSR count). The molecule has 2 aliphatic heterocycles. The van der Waals surface area contributed by atoms with Gasteiger partial charge in [-0.15, -0.1) is 0 Å². The molecule has 0 unspecified atom stereocenters. The lowest BCUT2D eigenvalue weighted by Crippen LogP contribution is -2.40. The number of benzene rings is 1. The number of amides is 1. The number of likely N-dealkylation sites (tertiary alicyclic amines) is 1. The summed E-state index contributed by atoms with van der Waals surface area (Å²) >= 11 is 6.19. The smallest absolute Gasteiger partial charge is 0.255 e. The molecule has 1 amide bonds. The number of hydrogen-bond acceptors (Lipinski definition) is 3. The number of hydrogen-bond donors (Lipinski definition) is 1. The third-order valence-corrected chi connectivity index (χ3v) is 6.26. The van der Waals surface area contributed by atoms with E-state index in [1.165, 1.54) is 57.8 Å². The molecule has 2 aliphatic rings. The van der Waals surface area contributed by atoms with Gasteiger partial charge in [0.15, 0.2) is 0 Å². The average molecular weight is 407 g/mol. The van der Waals surface area contributed by atoms with Crippen LogP contribution in [-0.4, -0.2) is 43.1 Å². The molecule has 1 N–H and O–H groups in total. The van der Waals surface area contributed by atoms with Gasteiger partial charge >= 0.3 is 0 Å². The van der Waals surface area contributed by atoms with Crippen molar-refractivity contribution in [3.8, 4) is 5.75 Å². The Bertz CT molecular complexity index is 650. The highest BCUT2D eigenvalue weighted by atomic mass is 35.5. The van der Waals surface area contributed by atoms with E-state index in [4.69, 9.17) is 16.3 Å². The van der Waals surface area contributed by atoms with Gasteiger partial charge in [-0.3, -0.25) is 9.69 Å². The Morgan fingerprint density at radius 2 is 2.00 bits per heavy atom. The number of ether oxygens (including phenoxy) is 1. The van der Waals surface area contributed by atoms with Crippen LogP contribution in [0.2, 0.25) is 5.02 Å². The van der Waals surface area contributed by atoms with Crippen LogP contribution in [0.15, 0.2) is 12.1 Å². The number of carbonyl (C=O) groups excluding carboxylic acids is 1. The van der Waals surface area contributed by atoms with Crippen LogP contribution in [0.5, 0.6) is 5.75 Å². The van der Waals surface area contributed by atoms with E-state index < -0.39 is 0 Å². The van der Waals surface area contributed by atoms with E-state index in [1.54, 1.807) is 6.07 Å². The molecule has 156 valence electrons. The van der Waals surface area contributed by atoms with E-state index in [9.17, 15) is 4.79 Å². The molecular weight excluding hydrogens is 372 g/mol. The van der Waals surface area contributed by atoms with Crippen LogP contribution in [0, 0.1) is 0 Å². The van der Waals surface area contributed by atoms with E-state index in [2.05, 4.69) is 17.1 Å². The van der Waals surface area contributed by atoms with Crippen LogP contribution in [0.3, 0.4) is 0 Å². The Morgan fingerprint density at radius 1 is 1.21 bits per heavy atom. The van der Waals surface area contributed by atoms with Gasteiger partial charge in [-0.05, 0) is 50.0 Å². The first-order valence-corrected chi connectivity index (χ1v) is 11.5. The second-order valence-corrected chi connectivity index (χ2v) is 8.64. The number of nitrogens with zero attached hydrogens (tertiary/aromatic N) is 1. The maximum Gasteiger partial charge on any atom is 0.255 e. The van der Waals surface area contributed by atoms with Crippen molar-refractivity contribution in [3.05, 3.63) is 28.3 Å². The maximum atomic E-state index is 12.7. The summed E-state index contributed by atoms with van der Waals surface area (Å²) in [7, 11) is 0. The molecule has 1 saturated heterocycles. The molecule has 1 atom stereocenters. The van der Waals surface area contributed by atoms with E-state index >= 15 is 0 Å². The first-order valence-electron chi connectivity index (χ1n) is 11.2. The lowest BCUT2D eigenvalue weighted by Gasteiger charge is -2.24. The number of unbranched alkanes of at least 4 members (excludes halogenated alkanes) is 6. The van der Waals surface area contributed by atoms with Crippen molar-refractivity contribution < 1.29 is 9.53 Å². The lowest BCUT2D eigenvalue weighted by atomic mass is 10.1. The fourth-order valence-electron chi connectivity index (χ4n) is 4.44. The number of rotatable bonds is 11. The predicted octanol–water partition coefficient (Wildman–Crippen LogP) is 5.22. The molecule has 5 heteroatoms. The highest BCUT2D eigenvalue weighted by molar-refractivity contribution is 6.31. The minimum atomic E-state index is -0.0663. The van der Waals surface area contributed by atoms with Crippen LogP contribution < -0.4 is 10.1 Å². The van der Waals surface area contributed by atoms with Gasteiger partial charge in [-0.2, -0.15) is 0 Å². The largest absolute Gasteiger partial charge is 0.492 e. The first-order chi connectivity index (χ1) is 13.7. The number of nitrogens with one attached hydrogen (secondary N) is 1. The lowest BCUT2D eigenvalue weighted by molar-refractivity contribution is 0.0937. The molecule has 0 bridgehead atoms. The zero-order valence-corrected chi connectivity index (χ0v) is 18.0. The van der Waals surface area contributed by atoms with Gasteiger partial charge in [0.2, 0.25) is 0 Å². The van der Waals surface area contributed by atoms with Crippen molar-refractivity contribution >= 4 is 17.5 Å². The molecule has 1 aromatic carbocycles. The van der Waals surface area contributed by atoms with Crippen LogP contribution in [0.4, 0.5) is 0 Å². The summed E-state index contributed by atoms with van der Waals surface area (Å²) in [6.45, 7) is 5.91. The standard InChI is InChI=1S/C23H35ClN2O2/c1-2-3-4-5-6-7-8-12-26-13-9-10-20(26)17-25-23(27)21-16-19(24)15-18-11-14-28-22(18)21/h15-16,20H,2-14,17H2,1H3,(H,25,27)/t20-/m1/s1. The summed E-state index contributed by atoms with van der Waals surface area (Å²) in [5.41, 5.74) is 1.62. The molecule has 0 spiro atoms. The summed E-state index contributed by atoms with van der Waals surface area (Å²) in [5.74, 6) is 0.650.